The third kappa shape index (κ3) is 4.20. The average Bonchev–Trinajstić information content (AvgIpc) is 3.40. The summed E-state index contributed by atoms with van der Waals surface area (Å²) in [5.41, 5.74) is 2.66. The van der Waals surface area contributed by atoms with E-state index in [9.17, 15) is 4.79 Å². The van der Waals surface area contributed by atoms with Crippen molar-refractivity contribution < 1.29 is 19.0 Å². The van der Waals surface area contributed by atoms with Crippen LogP contribution in [0.5, 0.6) is 5.88 Å². The van der Waals surface area contributed by atoms with E-state index < -0.39 is 0 Å². The number of halogens is 1. The monoisotopic (exact) mass is 510 g/mol. The molecule has 2 unspecified atom stereocenters. The van der Waals surface area contributed by atoms with Gasteiger partial charge in [-0.25, -0.2) is 19.6 Å². The van der Waals surface area contributed by atoms with Crippen molar-refractivity contribution in [2.24, 2.45) is 11.8 Å². The number of hydrogen-bond donors (Lipinski definition) is 0. The van der Waals surface area contributed by atoms with Crippen LogP contribution in [0.25, 0.3) is 26.2 Å². The Labute approximate surface area is 211 Å². The van der Waals surface area contributed by atoms with Gasteiger partial charge in [-0.1, -0.05) is 23.7 Å². The van der Waals surface area contributed by atoms with Gasteiger partial charge in [-0.3, -0.25) is 0 Å². The summed E-state index contributed by atoms with van der Waals surface area (Å²) in [4.78, 5) is 26.9. The second-order valence-electron chi connectivity index (χ2n) is 9.64. The number of aromatic nitrogens is 2. The van der Waals surface area contributed by atoms with E-state index in [-0.39, 0.29) is 29.6 Å². The minimum atomic E-state index is -0.293. The summed E-state index contributed by atoms with van der Waals surface area (Å²) in [5, 5.41) is 2.50. The lowest BCUT2D eigenvalue weighted by Gasteiger charge is -2.46. The molecule has 1 saturated carbocycles. The molecular weight excluding hydrogens is 488 g/mol. The van der Waals surface area contributed by atoms with E-state index in [1.54, 1.807) is 17.0 Å². The number of nitrogens with zero attached hydrogens (tertiary/aromatic N) is 4. The fraction of sp³-hybridized carbons (Fsp3) is 0.440. The zero-order valence-corrected chi connectivity index (χ0v) is 20.6. The van der Waals surface area contributed by atoms with Crippen LogP contribution in [-0.2, 0) is 9.47 Å². The molecule has 0 N–H and O–H groups in total. The predicted molar refractivity (Wildman–Crippen MR) is 132 cm³/mol. The maximum atomic E-state index is 12.7. The minimum Gasteiger partial charge on any atom is -0.472 e. The van der Waals surface area contributed by atoms with E-state index in [1.165, 1.54) is 17.7 Å². The number of amides is 1. The highest BCUT2D eigenvalue weighted by Crippen LogP contribution is 2.42. The van der Waals surface area contributed by atoms with Crippen LogP contribution in [0.2, 0.25) is 5.02 Å². The van der Waals surface area contributed by atoms with Crippen molar-refractivity contribution in [2.45, 2.75) is 31.5 Å². The van der Waals surface area contributed by atoms with E-state index in [0.29, 0.717) is 42.9 Å². The van der Waals surface area contributed by atoms with Crippen LogP contribution in [0.4, 0.5) is 10.5 Å². The third-order valence-electron chi connectivity index (χ3n) is 6.99. The molecule has 3 aromatic rings. The highest BCUT2D eigenvalue weighted by atomic mass is 35.5. The average molecular weight is 511 g/mol. The molecule has 8 nitrogen and oxygen atoms in total. The first kappa shape index (κ1) is 22.5. The molecular formula is C25H23ClN4O4S. The van der Waals surface area contributed by atoms with E-state index in [4.69, 9.17) is 32.4 Å². The lowest BCUT2D eigenvalue weighted by molar-refractivity contribution is -0.111. The van der Waals surface area contributed by atoms with Crippen LogP contribution in [0.1, 0.15) is 19.8 Å². The second kappa shape index (κ2) is 8.63. The van der Waals surface area contributed by atoms with Gasteiger partial charge < -0.3 is 19.1 Å². The zero-order valence-electron chi connectivity index (χ0n) is 19.1. The summed E-state index contributed by atoms with van der Waals surface area (Å²) in [6, 6.07) is 5.26. The Balaban J connectivity index is 1.25. The van der Waals surface area contributed by atoms with Gasteiger partial charge in [-0.15, -0.1) is 11.3 Å². The molecule has 3 aliphatic rings. The minimum absolute atomic E-state index is 0.0297. The first-order valence-corrected chi connectivity index (χ1v) is 12.8. The number of carbonyl (C=O) groups is 1. The fourth-order valence-electron chi connectivity index (χ4n) is 4.82. The molecule has 2 saturated heterocycles. The van der Waals surface area contributed by atoms with Gasteiger partial charge in [-0.05, 0) is 25.8 Å². The maximum Gasteiger partial charge on any atom is 0.410 e. The molecule has 1 aromatic carbocycles. The molecule has 1 aliphatic carbocycles. The summed E-state index contributed by atoms with van der Waals surface area (Å²) < 4.78 is 18.9. The Morgan fingerprint density at radius 1 is 1.26 bits per heavy atom. The molecule has 180 valence electrons. The van der Waals surface area contributed by atoms with Gasteiger partial charge in [0.05, 0.1) is 25.3 Å². The normalized spacial score (nSPS) is 24.6. The first-order valence-electron chi connectivity index (χ1n) is 11.6. The number of carbonyl (C=O) groups excluding carboxylic acids is 1. The van der Waals surface area contributed by atoms with E-state index in [0.717, 1.165) is 34.2 Å². The Morgan fingerprint density at radius 3 is 2.71 bits per heavy atom. The molecule has 0 spiro atoms. The number of rotatable bonds is 4. The largest absolute Gasteiger partial charge is 0.472 e. The van der Waals surface area contributed by atoms with Gasteiger partial charge in [0.15, 0.2) is 5.69 Å². The predicted octanol–water partition coefficient (Wildman–Crippen LogP) is 5.58. The van der Waals surface area contributed by atoms with Gasteiger partial charge in [-0.2, -0.15) is 0 Å². The highest BCUT2D eigenvalue weighted by Gasteiger charge is 2.47. The molecule has 4 heterocycles. The Hall–Kier alpha value is -2.93. The quantitative estimate of drug-likeness (QED) is 0.426. The zero-order chi connectivity index (χ0) is 24.2. The molecule has 2 aliphatic heterocycles. The topological polar surface area (TPSA) is 78.1 Å². The molecule has 3 fully saturated rings. The van der Waals surface area contributed by atoms with Crippen molar-refractivity contribution in [3.63, 3.8) is 0 Å². The SMILES string of the molecule is [C-]#[N+]c1ccc(-c2csc3c(OC4C5COCC4CN(C(=O)OC4(C)CC4)C5)ncnc23)c(Cl)c1. The lowest BCUT2D eigenvalue weighted by atomic mass is 9.84. The summed E-state index contributed by atoms with van der Waals surface area (Å²) in [5.74, 6) is 0.591. The summed E-state index contributed by atoms with van der Waals surface area (Å²) in [6.45, 7) is 11.3. The number of likely N-dealkylation sites (tertiary alicyclic amines) is 1. The van der Waals surface area contributed by atoms with Crippen molar-refractivity contribution in [1.29, 1.82) is 0 Å². The van der Waals surface area contributed by atoms with Gasteiger partial charge in [0.2, 0.25) is 5.88 Å². The number of benzene rings is 1. The van der Waals surface area contributed by atoms with Gasteiger partial charge in [0.1, 0.15) is 22.7 Å². The molecule has 10 heteroatoms. The molecule has 1 amide bonds. The van der Waals surface area contributed by atoms with Crippen LogP contribution in [0.15, 0.2) is 29.9 Å². The number of piperidine rings is 1. The molecule has 0 radical (unpaired) electrons. The molecule has 2 atom stereocenters. The van der Waals surface area contributed by atoms with E-state index in [2.05, 4.69) is 14.8 Å². The molecule has 2 aromatic heterocycles. The number of hydrogen-bond acceptors (Lipinski definition) is 7. The van der Waals surface area contributed by atoms with Crippen LogP contribution >= 0.6 is 22.9 Å². The Kier molecular flexibility index (Phi) is 5.55. The van der Waals surface area contributed by atoms with Crippen LogP contribution in [0.3, 0.4) is 0 Å². The van der Waals surface area contributed by atoms with Gasteiger partial charge >= 0.3 is 6.09 Å². The Bertz CT molecular complexity index is 1340. The molecule has 2 bridgehead atoms. The molecule has 6 rings (SSSR count). The van der Waals surface area contributed by atoms with Gasteiger partial charge in [0.25, 0.3) is 0 Å². The van der Waals surface area contributed by atoms with Crippen molar-refractivity contribution in [2.75, 3.05) is 26.3 Å². The van der Waals surface area contributed by atoms with E-state index >= 15 is 0 Å². The van der Waals surface area contributed by atoms with Crippen molar-refractivity contribution in [3.05, 3.63) is 46.3 Å². The van der Waals surface area contributed by atoms with Crippen LogP contribution in [0, 0.1) is 18.4 Å². The first-order chi connectivity index (χ1) is 16.9. The number of fused-ring (bicyclic) bond motifs is 3. The van der Waals surface area contributed by atoms with E-state index in [1.807, 2.05) is 18.4 Å². The summed E-state index contributed by atoms with van der Waals surface area (Å²) in [6.07, 6.45) is 3.00. The smallest absolute Gasteiger partial charge is 0.410 e. The molecule has 35 heavy (non-hydrogen) atoms. The lowest BCUT2D eigenvalue weighted by Crippen LogP contribution is -2.59. The number of ether oxygens (including phenoxy) is 3. The maximum absolute atomic E-state index is 12.7. The summed E-state index contributed by atoms with van der Waals surface area (Å²) in [7, 11) is 0. The summed E-state index contributed by atoms with van der Waals surface area (Å²) >= 11 is 7.98. The standard InChI is InChI=1S/C25H23ClN4O4S/c1-25(5-6-25)34-24(31)30-8-14-10-32-11-15(9-30)21(14)33-23-22-20(28-13-29-23)18(12-35-22)17-4-3-16(27-2)7-19(17)26/h3-4,7,12-15,21H,5-6,8-11H2,1H3. The van der Waals surface area contributed by atoms with Crippen molar-refractivity contribution in [3.8, 4) is 17.0 Å². The third-order valence-corrected chi connectivity index (χ3v) is 8.26. The second-order valence-corrected chi connectivity index (χ2v) is 10.9. The van der Waals surface area contributed by atoms with Gasteiger partial charge in [0, 0.05) is 46.5 Å². The fourth-order valence-corrected chi connectivity index (χ4v) is 6.05. The van der Waals surface area contributed by atoms with Crippen molar-refractivity contribution >= 4 is 44.9 Å². The Morgan fingerprint density at radius 2 is 2.03 bits per heavy atom. The number of thiophene rings is 1. The highest BCUT2D eigenvalue weighted by molar-refractivity contribution is 7.18. The van der Waals surface area contributed by atoms with Crippen LogP contribution < -0.4 is 4.74 Å². The van der Waals surface area contributed by atoms with Crippen LogP contribution in [-0.4, -0.2) is 59.0 Å². The van der Waals surface area contributed by atoms with Crippen molar-refractivity contribution in [1.82, 2.24) is 14.9 Å².